The van der Waals surface area contributed by atoms with E-state index < -0.39 is 0 Å². The van der Waals surface area contributed by atoms with Gasteiger partial charge >= 0.3 is 0 Å². The summed E-state index contributed by atoms with van der Waals surface area (Å²) in [6.45, 7) is 9.76. The average molecular weight is 381 g/mol. The largest absolute Gasteiger partial charge is 0.455 e. The molecule has 144 valence electrons. The molecule has 2 heterocycles. The van der Waals surface area contributed by atoms with Crippen LogP contribution in [0.5, 0.6) is 0 Å². The molecule has 1 fully saturated rings. The molecule has 1 aliphatic rings. The summed E-state index contributed by atoms with van der Waals surface area (Å²) in [4.78, 5) is 3.78. The lowest BCUT2D eigenvalue weighted by Gasteiger charge is -2.22. The summed E-state index contributed by atoms with van der Waals surface area (Å²) in [6.07, 6.45) is 8.29. The summed E-state index contributed by atoms with van der Waals surface area (Å²) in [5.41, 5.74) is 7.33. The quantitative estimate of drug-likeness (QED) is 0.271. The van der Waals surface area contributed by atoms with Gasteiger partial charge in [0.1, 0.15) is 18.2 Å². The van der Waals surface area contributed by atoms with Crippen molar-refractivity contribution < 1.29 is 8.98 Å². The van der Waals surface area contributed by atoms with Crippen LogP contribution < -0.4 is 4.57 Å². The van der Waals surface area contributed by atoms with Crippen LogP contribution in [0.4, 0.5) is 5.69 Å². The Balaban J connectivity index is 1.85. The summed E-state index contributed by atoms with van der Waals surface area (Å²) >= 11 is 0. The third-order valence-corrected chi connectivity index (χ3v) is 6.45. The number of fused-ring (bicyclic) bond motifs is 3. The van der Waals surface area contributed by atoms with E-state index in [1.165, 1.54) is 43.2 Å². The van der Waals surface area contributed by atoms with Gasteiger partial charge in [-0.05, 0) is 55.0 Å². The van der Waals surface area contributed by atoms with Crippen molar-refractivity contribution in [1.82, 2.24) is 0 Å². The summed E-state index contributed by atoms with van der Waals surface area (Å²) < 4.78 is 8.78. The zero-order valence-electron chi connectivity index (χ0n) is 17.0. The number of pyridine rings is 1. The zero-order chi connectivity index (χ0) is 20.0. The van der Waals surface area contributed by atoms with Crippen molar-refractivity contribution in [2.45, 2.75) is 44.9 Å². The average Bonchev–Trinajstić information content (AvgIpc) is 3.13. The van der Waals surface area contributed by atoms with Gasteiger partial charge in [-0.2, -0.15) is 0 Å². The van der Waals surface area contributed by atoms with Gasteiger partial charge in [0, 0.05) is 22.9 Å². The van der Waals surface area contributed by atoms with Crippen LogP contribution in [0.25, 0.3) is 38.0 Å². The first-order valence-corrected chi connectivity index (χ1v) is 10.5. The van der Waals surface area contributed by atoms with Crippen LogP contribution >= 0.6 is 0 Å². The molecule has 0 atom stereocenters. The molecule has 0 aliphatic heterocycles. The molecule has 0 spiro atoms. The monoisotopic (exact) mass is 381 g/mol. The van der Waals surface area contributed by atoms with E-state index in [0.29, 0.717) is 11.6 Å². The third kappa shape index (κ3) is 2.91. The van der Waals surface area contributed by atoms with Gasteiger partial charge in [0.25, 0.3) is 0 Å². The molecule has 2 aromatic heterocycles. The first kappa shape index (κ1) is 17.9. The molecule has 0 amide bonds. The lowest BCUT2D eigenvalue weighted by molar-refractivity contribution is -0.660. The number of hydrogen-bond donors (Lipinski definition) is 0. The minimum atomic E-state index is 0.492. The maximum Gasteiger partial charge on any atom is 0.216 e. The standard InChI is InChI=1S/C26H25N2O/c1-17-12-13-20-22-16-19(27-2)15-21(18-9-5-4-6-10-18)25(22)29-26(20)24(17)23-11-7-8-14-28(23)3/h7-8,11-16,18H,4-6,9-10H2,1,3H3/q+1. The van der Waals surface area contributed by atoms with E-state index in [1.54, 1.807) is 0 Å². The lowest BCUT2D eigenvalue weighted by atomic mass is 9.83. The molecule has 3 nitrogen and oxygen atoms in total. The molecular weight excluding hydrogens is 356 g/mol. The Labute approximate surface area is 171 Å². The van der Waals surface area contributed by atoms with Gasteiger partial charge < -0.3 is 4.42 Å². The van der Waals surface area contributed by atoms with Crippen molar-refractivity contribution in [3.8, 4) is 11.3 Å². The Morgan fingerprint density at radius 2 is 1.83 bits per heavy atom. The lowest BCUT2D eigenvalue weighted by Crippen LogP contribution is -2.30. The first-order valence-electron chi connectivity index (χ1n) is 10.5. The van der Waals surface area contributed by atoms with E-state index >= 15 is 0 Å². The number of rotatable bonds is 2. The number of nitrogens with zero attached hydrogens (tertiary/aromatic N) is 2. The molecule has 0 unspecified atom stereocenters. The van der Waals surface area contributed by atoms with Crippen LogP contribution in [-0.4, -0.2) is 0 Å². The molecule has 29 heavy (non-hydrogen) atoms. The fourth-order valence-electron chi connectivity index (χ4n) is 4.93. The van der Waals surface area contributed by atoms with Gasteiger partial charge in [0.2, 0.25) is 5.69 Å². The highest BCUT2D eigenvalue weighted by Gasteiger charge is 2.24. The van der Waals surface area contributed by atoms with Crippen molar-refractivity contribution in [3.05, 3.63) is 71.2 Å². The van der Waals surface area contributed by atoms with E-state index in [2.05, 4.69) is 59.9 Å². The molecule has 0 N–H and O–H groups in total. The maximum absolute atomic E-state index is 7.62. The van der Waals surface area contributed by atoms with E-state index in [4.69, 9.17) is 11.0 Å². The molecule has 5 rings (SSSR count). The van der Waals surface area contributed by atoms with E-state index in [1.807, 2.05) is 12.1 Å². The number of hydrogen-bond acceptors (Lipinski definition) is 1. The smallest absolute Gasteiger partial charge is 0.216 e. The number of furan rings is 1. The fourth-order valence-corrected chi connectivity index (χ4v) is 4.93. The van der Waals surface area contributed by atoms with E-state index in [9.17, 15) is 0 Å². The van der Waals surface area contributed by atoms with Crippen LogP contribution in [0.15, 0.2) is 53.1 Å². The Bertz CT molecular complexity index is 1270. The molecule has 0 bridgehead atoms. The molecule has 1 aliphatic carbocycles. The normalized spacial score (nSPS) is 15.1. The molecule has 0 saturated heterocycles. The highest BCUT2D eigenvalue weighted by atomic mass is 16.3. The van der Waals surface area contributed by atoms with Crippen molar-refractivity contribution in [1.29, 1.82) is 0 Å². The van der Waals surface area contributed by atoms with E-state index in [0.717, 1.165) is 33.2 Å². The predicted octanol–water partition coefficient (Wildman–Crippen LogP) is 6.98. The van der Waals surface area contributed by atoms with Crippen molar-refractivity contribution >= 4 is 27.6 Å². The minimum Gasteiger partial charge on any atom is -0.455 e. The second-order valence-electron chi connectivity index (χ2n) is 8.29. The molecule has 4 aromatic rings. The number of aryl methyl sites for hydroxylation is 2. The second-order valence-corrected chi connectivity index (χ2v) is 8.29. The Morgan fingerprint density at radius 3 is 2.59 bits per heavy atom. The Kier molecular flexibility index (Phi) is 4.36. The van der Waals surface area contributed by atoms with Crippen LogP contribution in [-0.2, 0) is 7.05 Å². The summed E-state index contributed by atoms with van der Waals surface area (Å²) in [6, 6.07) is 14.7. The Morgan fingerprint density at radius 1 is 1.00 bits per heavy atom. The van der Waals surface area contributed by atoms with Crippen molar-refractivity contribution in [2.24, 2.45) is 7.05 Å². The number of aromatic nitrogens is 1. The van der Waals surface area contributed by atoms with Crippen LogP contribution in [0, 0.1) is 13.5 Å². The van der Waals surface area contributed by atoms with Gasteiger partial charge in [-0.3, -0.25) is 0 Å². The SMILES string of the molecule is [C-]#[N+]c1cc(C2CCCCC2)c2oc3c(-c4cccc[n+]4C)c(C)ccc3c2c1. The fraction of sp³-hybridized carbons (Fsp3) is 0.308. The topological polar surface area (TPSA) is 21.4 Å². The van der Waals surface area contributed by atoms with Crippen molar-refractivity contribution in [2.75, 3.05) is 0 Å². The second kappa shape index (κ2) is 7.04. The summed E-state index contributed by atoms with van der Waals surface area (Å²) in [5, 5.41) is 2.18. The molecule has 3 heteroatoms. The van der Waals surface area contributed by atoms with Crippen LogP contribution in [0.1, 0.15) is 49.1 Å². The molecule has 1 saturated carbocycles. The molecular formula is C26H25N2O+. The van der Waals surface area contributed by atoms with Crippen molar-refractivity contribution in [3.63, 3.8) is 0 Å². The van der Waals surface area contributed by atoms with Gasteiger partial charge in [-0.15, -0.1) is 0 Å². The highest BCUT2D eigenvalue weighted by Crippen LogP contribution is 2.44. The number of benzene rings is 2. The van der Waals surface area contributed by atoms with E-state index in [-0.39, 0.29) is 0 Å². The molecule has 0 radical (unpaired) electrons. The maximum atomic E-state index is 7.62. The predicted molar refractivity (Wildman–Crippen MR) is 117 cm³/mol. The van der Waals surface area contributed by atoms with Crippen LogP contribution in [0.3, 0.4) is 0 Å². The van der Waals surface area contributed by atoms with Crippen LogP contribution in [0.2, 0.25) is 0 Å². The summed E-state index contributed by atoms with van der Waals surface area (Å²) in [7, 11) is 2.07. The van der Waals surface area contributed by atoms with Gasteiger partial charge in [-0.25, -0.2) is 9.41 Å². The van der Waals surface area contributed by atoms with Gasteiger partial charge in [-0.1, -0.05) is 31.4 Å². The summed E-state index contributed by atoms with van der Waals surface area (Å²) in [5.74, 6) is 0.492. The molecule has 2 aromatic carbocycles. The Hall–Kier alpha value is -3.12. The zero-order valence-corrected chi connectivity index (χ0v) is 17.0. The van der Waals surface area contributed by atoms with Gasteiger partial charge in [0.05, 0.1) is 12.1 Å². The first-order chi connectivity index (χ1) is 14.2. The highest BCUT2D eigenvalue weighted by molar-refractivity contribution is 6.11. The third-order valence-electron chi connectivity index (χ3n) is 6.45. The van der Waals surface area contributed by atoms with Gasteiger partial charge in [0.15, 0.2) is 11.9 Å². The minimum absolute atomic E-state index is 0.492.